The maximum Gasteiger partial charge on any atom is 0.231 e. The highest BCUT2D eigenvalue weighted by molar-refractivity contribution is 14.1. The van der Waals surface area contributed by atoms with Gasteiger partial charge in [-0.3, -0.25) is 0 Å². The van der Waals surface area contributed by atoms with Gasteiger partial charge < -0.3 is 9.47 Å². The van der Waals surface area contributed by atoms with Gasteiger partial charge in [-0.2, -0.15) is 0 Å². The molecule has 2 rings (SSSR count). The molecule has 0 radical (unpaired) electrons. The van der Waals surface area contributed by atoms with Crippen LogP contribution < -0.4 is 9.47 Å². The predicted octanol–water partition coefficient (Wildman–Crippen LogP) is 3.54. The van der Waals surface area contributed by atoms with Crippen LogP contribution in [0.2, 0.25) is 0 Å². The van der Waals surface area contributed by atoms with Crippen LogP contribution in [0.25, 0.3) is 0 Å². The molecule has 1 aromatic carbocycles. The molecule has 0 N–H and O–H groups in total. The highest BCUT2D eigenvalue weighted by Gasteiger charge is 2.20. The van der Waals surface area contributed by atoms with Crippen molar-refractivity contribution in [1.82, 2.24) is 0 Å². The highest BCUT2D eigenvalue weighted by atomic mass is 127. The Morgan fingerprint density at radius 1 is 1.33 bits per heavy atom. The van der Waals surface area contributed by atoms with Crippen molar-refractivity contribution in [1.29, 1.82) is 0 Å². The summed E-state index contributed by atoms with van der Waals surface area (Å²) in [4.78, 5) is 0. The Morgan fingerprint density at radius 2 is 2.08 bits per heavy atom. The number of fused-ring (bicyclic) bond motifs is 1. The van der Waals surface area contributed by atoms with Crippen LogP contribution in [0.15, 0.2) is 15.0 Å². The van der Waals surface area contributed by atoms with Gasteiger partial charge in [0, 0.05) is 8.95 Å². The summed E-state index contributed by atoms with van der Waals surface area (Å²) in [5.41, 5.74) is 0. The van der Waals surface area contributed by atoms with E-state index >= 15 is 0 Å². The van der Waals surface area contributed by atoms with Crippen molar-refractivity contribution in [2.24, 2.45) is 0 Å². The van der Waals surface area contributed by atoms with E-state index in [2.05, 4.69) is 54.5 Å². The minimum absolute atomic E-state index is 0.314. The van der Waals surface area contributed by atoms with Gasteiger partial charge in [0.15, 0.2) is 11.5 Å². The molecule has 1 aliphatic rings. The second kappa shape index (κ2) is 3.34. The third-order valence-corrected chi connectivity index (χ3v) is 5.25. The molecule has 64 valence electrons. The summed E-state index contributed by atoms with van der Waals surface area (Å²) in [5, 5.41) is 0. The number of rotatable bonds is 0. The first-order valence-corrected chi connectivity index (χ1v) is 5.79. The van der Waals surface area contributed by atoms with Crippen molar-refractivity contribution >= 4 is 54.5 Å². The van der Waals surface area contributed by atoms with E-state index in [1.54, 1.807) is 0 Å². The van der Waals surface area contributed by atoms with Crippen LogP contribution in [0.3, 0.4) is 0 Å². The fourth-order valence-electron chi connectivity index (χ4n) is 0.950. The van der Waals surface area contributed by atoms with E-state index in [0.717, 1.165) is 24.0 Å². The van der Waals surface area contributed by atoms with Crippen LogP contribution >= 0.6 is 54.5 Å². The van der Waals surface area contributed by atoms with Gasteiger partial charge in [-0.1, -0.05) is 0 Å². The molecule has 0 aromatic heterocycles. The lowest BCUT2D eigenvalue weighted by atomic mass is 10.3. The van der Waals surface area contributed by atoms with E-state index in [-0.39, 0.29) is 0 Å². The molecule has 0 atom stereocenters. The van der Waals surface area contributed by atoms with E-state index in [0.29, 0.717) is 6.79 Å². The first-order valence-electron chi connectivity index (χ1n) is 3.13. The largest absolute Gasteiger partial charge is 0.454 e. The van der Waals surface area contributed by atoms with Crippen molar-refractivity contribution < 1.29 is 9.47 Å². The van der Waals surface area contributed by atoms with Crippen LogP contribution in [0, 0.1) is 3.57 Å². The number of ether oxygens (including phenoxy) is 2. The Hall–Kier alpha value is 0.510. The normalized spacial score (nSPS) is 13.6. The zero-order valence-corrected chi connectivity index (χ0v) is 11.1. The number of benzene rings is 1. The SMILES string of the molecule is Brc1cc2c(c(I)c1Br)OCO2. The zero-order valence-electron chi connectivity index (χ0n) is 5.73. The van der Waals surface area contributed by atoms with E-state index in [1.165, 1.54) is 0 Å². The number of hydrogen-bond donors (Lipinski definition) is 0. The molecule has 1 aromatic rings. The first-order chi connectivity index (χ1) is 5.70. The number of halogens is 3. The molecule has 0 bridgehead atoms. The molecular formula is C7H3Br2IO2. The third kappa shape index (κ3) is 1.35. The summed E-state index contributed by atoms with van der Waals surface area (Å²) in [6.45, 7) is 0.314. The second-order valence-corrected chi connectivity index (χ2v) is 4.95. The summed E-state index contributed by atoms with van der Waals surface area (Å²) in [6.07, 6.45) is 0. The average Bonchev–Trinajstić information content (AvgIpc) is 2.48. The molecule has 0 saturated carbocycles. The van der Waals surface area contributed by atoms with Crippen LogP contribution in [-0.4, -0.2) is 6.79 Å². The Bertz CT molecular complexity index is 341. The van der Waals surface area contributed by atoms with Crippen LogP contribution in [0.5, 0.6) is 11.5 Å². The van der Waals surface area contributed by atoms with Gasteiger partial charge in [0.2, 0.25) is 6.79 Å². The standard InChI is InChI=1S/C7H3Br2IO2/c8-3-1-4-7(12-2-11-4)6(10)5(3)9/h1H,2H2. The quantitative estimate of drug-likeness (QED) is 0.485. The van der Waals surface area contributed by atoms with Gasteiger partial charge in [-0.25, -0.2) is 0 Å². The van der Waals surface area contributed by atoms with Gasteiger partial charge >= 0.3 is 0 Å². The second-order valence-electron chi connectivity index (χ2n) is 2.22. The molecule has 0 fully saturated rings. The van der Waals surface area contributed by atoms with E-state index in [9.17, 15) is 0 Å². The summed E-state index contributed by atoms with van der Waals surface area (Å²) in [6, 6.07) is 1.90. The van der Waals surface area contributed by atoms with E-state index in [4.69, 9.17) is 9.47 Å². The average molecular weight is 406 g/mol. The maximum absolute atomic E-state index is 5.28. The summed E-state index contributed by atoms with van der Waals surface area (Å²) < 4.78 is 13.5. The lowest BCUT2D eigenvalue weighted by Crippen LogP contribution is -1.93. The molecule has 12 heavy (non-hydrogen) atoms. The minimum Gasteiger partial charge on any atom is -0.454 e. The van der Waals surface area contributed by atoms with Crippen LogP contribution in [-0.2, 0) is 0 Å². The van der Waals surface area contributed by atoms with Gasteiger partial charge in [0.05, 0.1) is 3.57 Å². The van der Waals surface area contributed by atoms with Crippen LogP contribution in [0.4, 0.5) is 0 Å². The molecule has 0 spiro atoms. The molecule has 0 amide bonds. The van der Waals surface area contributed by atoms with Gasteiger partial charge in [-0.15, -0.1) is 0 Å². The Kier molecular flexibility index (Phi) is 2.53. The van der Waals surface area contributed by atoms with E-state index in [1.807, 2.05) is 6.07 Å². The number of hydrogen-bond acceptors (Lipinski definition) is 2. The fourth-order valence-corrected chi connectivity index (χ4v) is 2.73. The fraction of sp³-hybridized carbons (Fsp3) is 0.143. The van der Waals surface area contributed by atoms with Crippen molar-refractivity contribution in [3.63, 3.8) is 0 Å². The molecule has 0 saturated heterocycles. The summed E-state index contributed by atoms with van der Waals surface area (Å²) in [5.74, 6) is 1.63. The van der Waals surface area contributed by atoms with E-state index < -0.39 is 0 Å². The molecule has 1 aliphatic heterocycles. The molecule has 2 nitrogen and oxygen atoms in total. The smallest absolute Gasteiger partial charge is 0.231 e. The van der Waals surface area contributed by atoms with Crippen molar-refractivity contribution in [2.45, 2.75) is 0 Å². The topological polar surface area (TPSA) is 18.5 Å². The Morgan fingerprint density at radius 3 is 2.83 bits per heavy atom. The highest BCUT2D eigenvalue weighted by Crippen LogP contribution is 2.44. The maximum atomic E-state index is 5.28. The Labute approximate surface area is 100 Å². The van der Waals surface area contributed by atoms with Gasteiger partial charge in [0.1, 0.15) is 0 Å². The van der Waals surface area contributed by atoms with Crippen molar-refractivity contribution in [3.05, 3.63) is 18.6 Å². The molecular weight excluding hydrogens is 403 g/mol. The lowest BCUT2D eigenvalue weighted by molar-refractivity contribution is 0.173. The minimum atomic E-state index is 0.314. The molecule has 0 aliphatic carbocycles. The third-order valence-electron chi connectivity index (χ3n) is 1.50. The lowest BCUT2D eigenvalue weighted by Gasteiger charge is -2.03. The zero-order chi connectivity index (χ0) is 8.72. The molecule has 1 heterocycles. The van der Waals surface area contributed by atoms with Crippen molar-refractivity contribution in [3.8, 4) is 11.5 Å². The van der Waals surface area contributed by atoms with Gasteiger partial charge in [0.25, 0.3) is 0 Å². The molecule has 5 heteroatoms. The molecule has 0 unspecified atom stereocenters. The van der Waals surface area contributed by atoms with Crippen LogP contribution in [0.1, 0.15) is 0 Å². The van der Waals surface area contributed by atoms with Gasteiger partial charge in [-0.05, 0) is 60.5 Å². The summed E-state index contributed by atoms with van der Waals surface area (Å²) >= 11 is 9.07. The summed E-state index contributed by atoms with van der Waals surface area (Å²) in [7, 11) is 0. The first kappa shape index (κ1) is 9.08. The monoisotopic (exact) mass is 404 g/mol. The van der Waals surface area contributed by atoms with Crippen molar-refractivity contribution in [2.75, 3.05) is 6.79 Å². The predicted molar refractivity (Wildman–Crippen MR) is 60.7 cm³/mol. The Balaban J connectivity index is 2.67.